The number of ether oxygens (including phenoxy) is 1. The number of hydrogen-bond acceptors (Lipinski definition) is 2. The van der Waals surface area contributed by atoms with Gasteiger partial charge in [0, 0.05) is 11.6 Å². The molecule has 24 heavy (non-hydrogen) atoms. The normalized spacial score (nSPS) is 30.8. The summed E-state index contributed by atoms with van der Waals surface area (Å²) < 4.78 is 20.1. The van der Waals surface area contributed by atoms with Crippen LogP contribution in [-0.2, 0) is 0 Å². The fraction of sp³-hybridized carbons (Fsp3) is 0.381. The minimum Gasteiger partial charge on any atom is -0.491 e. The van der Waals surface area contributed by atoms with Crippen LogP contribution >= 0.6 is 0 Å². The Labute approximate surface area is 142 Å². The van der Waals surface area contributed by atoms with Gasteiger partial charge in [-0.05, 0) is 67.9 Å². The van der Waals surface area contributed by atoms with Crippen molar-refractivity contribution in [3.63, 3.8) is 0 Å². The highest BCUT2D eigenvalue weighted by atomic mass is 19.1. The molecule has 2 atom stereocenters. The largest absolute Gasteiger partial charge is 0.491 e. The van der Waals surface area contributed by atoms with Crippen LogP contribution in [0.5, 0.6) is 5.75 Å². The van der Waals surface area contributed by atoms with E-state index in [1.54, 1.807) is 6.07 Å². The molecule has 1 aromatic rings. The zero-order valence-corrected chi connectivity index (χ0v) is 14.4. The summed E-state index contributed by atoms with van der Waals surface area (Å²) in [6.07, 6.45) is 10.7. The highest BCUT2D eigenvalue weighted by Gasteiger charge is 2.61. The van der Waals surface area contributed by atoms with Crippen molar-refractivity contribution in [2.75, 3.05) is 6.61 Å². The Kier molecular flexibility index (Phi) is 3.48. The molecule has 4 rings (SSSR count). The Hall–Kier alpha value is -2.16. The van der Waals surface area contributed by atoms with Gasteiger partial charge in [0.1, 0.15) is 0 Å². The van der Waals surface area contributed by atoms with E-state index in [2.05, 4.69) is 25.2 Å². The molecule has 2 aliphatic carbocycles. The van der Waals surface area contributed by atoms with Crippen LogP contribution in [0.4, 0.5) is 4.39 Å². The van der Waals surface area contributed by atoms with Gasteiger partial charge in [-0.15, -0.1) is 0 Å². The summed E-state index contributed by atoms with van der Waals surface area (Å²) >= 11 is 0. The molecule has 0 bridgehead atoms. The number of halogens is 1. The van der Waals surface area contributed by atoms with Gasteiger partial charge in [0.2, 0.25) is 0 Å². The molecule has 0 amide bonds. The zero-order chi connectivity index (χ0) is 16.9. The first-order chi connectivity index (χ1) is 11.6. The summed E-state index contributed by atoms with van der Waals surface area (Å²) in [5.74, 6) is 0.547. The second kappa shape index (κ2) is 5.44. The van der Waals surface area contributed by atoms with Gasteiger partial charge in [0.25, 0.3) is 0 Å². The third-order valence-electron chi connectivity index (χ3n) is 5.48. The fourth-order valence-corrected chi connectivity index (χ4v) is 4.16. The molecule has 2 unspecified atom stereocenters. The molecule has 1 saturated carbocycles. The summed E-state index contributed by atoms with van der Waals surface area (Å²) in [5.41, 5.74) is 5.12. The van der Waals surface area contributed by atoms with Gasteiger partial charge < -0.3 is 4.74 Å². The van der Waals surface area contributed by atoms with Gasteiger partial charge in [0.15, 0.2) is 11.6 Å². The number of aliphatic imine (C=N–C) groups is 1. The SMILES string of the molecule is CCOc1ccc(C2=CN=C3/C(C)=C/C/C=C\C4CC234)c(C)c1F. The van der Waals surface area contributed by atoms with Crippen molar-refractivity contribution in [3.8, 4) is 5.75 Å². The second-order valence-corrected chi connectivity index (χ2v) is 6.84. The van der Waals surface area contributed by atoms with Crippen LogP contribution in [0, 0.1) is 24.1 Å². The molecule has 1 aromatic carbocycles. The molecule has 0 radical (unpaired) electrons. The van der Waals surface area contributed by atoms with Crippen LogP contribution in [0.2, 0.25) is 0 Å². The Morgan fingerprint density at radius 3 is 2.96 bits per heavy atom. The average Bonchev–Trinajstić information content (AvgIpc) is 3.12. The quantitative estimate of drug-likeness (QED) is 0.697. The number of allylic oxidation sites excluding steroid dienone is 5. The van der Waals surface area contributed by atoms with Crippen LogP contribution in [0.3, 0.4) is 0 Å². The summed E-state index contributed by atoms with van der Waals surface area (Å²) in [4.78, 5) is 4.74. The Bertz CT molecular complexity index is 830. The molecule has 2 nitrogen and oxygen atoms in total. The van der Waals surface area contributed by atoms with Crippen LogP contribution in [-0.4, -0.2) is 12.3 Å². The molecular weight excluding hydrogens is 301 g/mol. The van der Waals surface area contributed by atoms with Crippen molar-refractivity contribution in [2.45, 2.75) is 33.6 Å². The number of rotatable bonds is 3. The van der Waals surface area contributed by atoms with Gasteiger partial charge in [-0.2, -0.15) is 0 Å². The van der Waals surface area contributed by atoms with Crippen molar-refractivity contribution < 1.29 is 9.13 Å². The lowest BCUT2D eigenvalue weighted by molar-refractivity contribution is 0.320. The van der Waals surface area contributed by atoms with E-state index in [1.807, 2.05) is 26.1 Å². The molecule has 0 saturated heterocycles. The van der Waals surface area contributed by atoms with E-state index in [9.17, 15) is 4.39 Å². The van der Waals surface area contributed by atoms with Gasteiger partial charge in [0.05, 0.1) is 12.3 Å². The van der Waals surface area contributed by atoms with Crippen LogP contribution in [0.25, 0.3) is 5.57 Å². The topological polar surface area (TPSA) is 21.6 Å². The van der Waals surface area contributed by atoms with Gasteiger partial charge >= 0.3 is 0 Å². The van der Waals surface area contributed by atoms with Crippen molar-refractivity contribution in [1.29, 1.82) is 0 Å². The first-order valence-electron chi connectivity index (χ1n) is 8.64. The number of nitrogens with zero attached hydrogens (tertiary/aromatic N) is 1. The summed E-state index contributed by atoms with van der Waals surface area (Å²) in [6.45, 7) is 6.30. The maximum atomic E-state index is 14.7. The van der Waals surface area contributed by atoms with Crippen molar-refractivity contribution in [3.05, 3.63) is 59.1 Å². The van der Waals surface area contributed by atoms with E-state index in [-0.39, 0.29) is 11.2 Å². The molecule has 3 heteroatoms. The van der Waals surface area contributed by atoms with Crippen LogP contribution < -0.4 is 4.74 Å². The molecule has 1 spiro atoms. The maximum Gasteiger partial charge on any atom is 0.168 e. The van der Waals surface area contributed by atoms with Gasteiger partial charge in [-0.3, -0.25) is 4.99 Å². The lowest BCUT2D eigenvalue weighted by atomic mass is 9.81. The van der Waals surface area contributed by atoms with E-state index < -0.39 is 0 Å². The molecule has 1 heterocycles. The summed E-state index contributed by atoms with van der Waals surface area (Å²) in [7, 11) is 0. The lowest BCUT2D eigenvalue weighted by Gasteiger charge is -2.21. The van der Waals surface area contributed by atoms with E-state index in [0.717, 1.165) is 24.0 Å². The molecule has 1 fully saturated rings. The predicted octanol–water partition coefficient (Wildman–Crippen LogP) is 5.24. The minimum absolute atomic E-state index is 0.0537. The first-order valence-corrected chi connectivity index (χ1v) is 8.64. The van der Waals surface area contributed by atoms with E-state index >= 15 is 0 Å². The van der Waals surface area contributed by atoms with E-state index in [1.165, 1.54) is 11.3 Å². The molecular formula is C21H22FNO. The maximum absolute atomic E-state index is 14.7. The predicted molar refractivity (Wildman–Crippen MR) is 95.8 cm³/mol. The second-order valence-electron chi connectivity index (χ2n) is 6.84. The average molecular weight is 323 g/mol. The monoisotopic (exact) mass is 323 g/mol. The van der Waals surface area contributed by atoms with Crippen LogP contribution in [0.15, 0.2) is 47.1 Å². The minimum atomic E-state index is -0.258. The highest BCUT2D eigenvalue weighted by Crippen LogP contribution is 2.66. The van der Waals surface area contributed by atoms with Crippen molar-refractivity contribution in [2.24, 2.45) is 16.3 Å². The third kappa shape index (κ3) is 2.03. The standard InChI is InChI=1S/C21H22FNO/c1-4-24-18-10-9-16(14(3)19(18)22)17-12-23-20-13(2)7-5-6-8-15-11-21(15,17)20/h6-10,12,15H,4-5,11H2,1-3H3/b8-6-,13-7+. The number of hydrogen-bond donors (Lipinski definition) is 0. The summed E-state index contributed by atoms with van der Waals surface area (Å²) in [5, 5.41) is 0. The molecule has 3 aliphatic rings. The third-order valence-corrected chi connectivity index (χ3v) is 5.48. The lowest BCUT2D eigenvalue weighted by Crippen LogP contribution is -2.19. The fourth-order valence-electron chi connectivity index (χ4n) is 4.16. The Morgan fingerprint density at radius 2 is 2.17 bits per heavy atom. The van der Waals surface area contributed by atoms with E-state index in [4.69, 9.17) is 9.73 Å². The molecule has 0 aromatic heterocycles. The van der Waals surface area contributed by atoms with Crippen molar-refractivity contribution in [1.82, 2.24) is 0 Å². The van der Waals surface area contributed by atoms with Crippen LogP contribution in [0.1, 0.15) is 37.8 Å². The molecule has 0 N–H and O–H groups in total. The van der Waals surface area contributed by atoms with Gasteiger partial charge in [-0.1, -0.05) is 24.3 Å². The Balaban J connectivity index is 1.78. The first kappa shape index (κ1) is 15.4. The Morgan fingerprint density at radius 1 is 1.33 bits per heavy atom. The highest BCUT2D eigenvalue weighted by molar-refractivity contribution is 6.17. The molecule has 124 valence electrons. The zero-order valence-electron chi connectivity index (χ0n) is 14.4. The smallest absolute Gasteiger partial charge is 0.168 e. The van der Waals surface area contributed by atoms with E-state index in [0.29, 0.717) is 23.8 Å². The van der Waals surface area contributed by atoms with Crippen molar-refractivity contribution >= 4 is 11.3 Å². The molecule has 1 aliphatic heterocycles. The van der Waals surface area contributed by atoms with Gasteiger partial charge in [-0.25, -0.2) is 4.39 Å². The number of benzene rings is 1. The summed E-state index contributed by atoms with van der Waals surface area (Å²) in [6, 6.07) is 3.73.